The van der Waals surface area contributed by atoms with E-state index in [9.17, 15) is 9.59 Å². The molecule has 2 aromatic rings. The fourth-order valence-corrected chi connectivity index (χ4v) is 2.91. The maximum Gasteiger partial charge on any atom is 0.317 e. The Kier molecular flexibility index (Phi) is 5.38. The zero-order valence-electron chi connectivity index (χ0n) is 14.3. The van der Waals surface area contributed by atoms with E-state index in [1.807, 2.05) is 23.1 Å². The van der Waals surface area contributed by atoms with E-state index in [4.69, 9.17) is 4.42 Å². The smallest absolute Gasteiger partial charge is 0.317 e. The van der Waals surface area contributed by atoms with E-state index in [1.165, 1.54) is 0 Å². The summed E-state index contributed by atoms with van der Waals surface area (Å²) in [5.41, 5.74) is 1.46. The van der Waals surface area contributed by atoms with Crippen LogP contribution >= 0.6 is 0 Å². The van der Waals surface area contributed by atoms with Crippen LogP contribution in [0.25, 0.3) is 0 Å². The van der Waals surface area contributed by atoms with Gasteiger partial charge in [-0.15, -0.1) is 0 Å². The highest BCUT2D eigenvalue weighted by Crippen LogP contribution is 2.15. The molecular weight excluding hydrogens is 318 g/mol. The molecule has 2 N–H and O–H groups in total. The van der Waals surface area contributed by atoms with Crippen LogP contribution < -0.4 is 10.6 Å². The Hall–Kier alpha value is -2.76. The maximum absolute atomic E-state index is 12.2. The van der Waals surface area contributed by atoms with Gasteiger partial charge in [0, 0.05) is 25.2 Å². The van der Waals surface area contributed by atoms with Crippen molar-refractivity contribution >= 4 is 11.9 Å². The van der Waals surface area contributed by atoms with Crippen molar-refractivity contribution in [2.24, 2.45) is 5.92 Å². The van der Waals surface area contributed by atoms with Gasteiger partial charge in [-0.1, -0.05) is 19.1 Å². The largest absolute Gasteiger partial charge is 0.467 e. The topological polar surface area (TPSA) is 74.6 Å². The molecule has 1 aliphatic heterocycles. The van der Waals surface area contributed by atoms with Gasteiger partial charge in [-0.05, 0) is 42.2 Å². The van der Waals surface area contributed by atoms with Crippen LogP contribution in [0.1, 0.15) is 35.0 Å². The van der Waals surface area contributed by atoms with Gasteiger partial charge in [0.15, 0.2) is 0 Å². The lowest BCUT2D eigenvalue weighted by atomic mass is 10.1. The predicted octanol–water partition coefficient (Wildman–Crippen LogP) is 2.76. The molecule has 1 atom stereocenters. The van der Waals surface area contributed by atoms with Gasteiger partial charge in [0.25, 0.3) is 5.91 Å². The third-order valence-electron chi connectivity index (χ3n) is 4.35. The molecule has 1 saturated heterocycles. The lowest BCUT2D eigenvalue weighted by Crippen LogP contribution is -2.38. The Labute approximate surface area is 147 Å². The summed E-state index contributed by atoms with van der Waals surface area (Å²) < 4.78 is 5.20. The van der Waals surface area contributed by atoms with Gasteiger partial charge >= 0.3 is 6.03 Å². The molecule has 1 aromatic heterocycles. The number of hydrogen-bond donors (Lipinski definition) is 2. The lowest BCUT2D eigenvalue weighted by Gasteiger charge is -2.17. The second-order valence-electron chi connectivity index (χ2n) is 6.46. The van der Waals surface area contributed by atoms with Gasteiger partial charge in [-0.2, -0.15) is 0 Å². The summed E-state index contributed by atoms with van der Waals surface area (Å²) in [5.74, 6) is 1.10. The molecule has 1 aromatic carbocycles. The Morgan fingerprint density at radius 3 is 2.80 bits per heavy atom. The first-order chi connectivity index (χ1) is 12.1. The summed E-state index contributed by atoms with van der Waals surface area (Å²) >= 11 is 0. The zero-order valence-corrected chi connectivity index (χ0v) is 14.3. The van der Waals surface area contributed by atoms with Crippen LogP contribution in [0.2, 0.25) is 0 Å². The summed E-state index contributed by atoms with van der Waals surface area (Å²) in [6.07, 6.45) is 2.63. The van der Waals surface area contributed by atoms with Crippen LogP contribution in [0.5, 0.6) is 0 Å². The van der Waals surface area contributed by atoms with Crippen LogP contribution in [0.3, 0.4) is 0 Å². The molecule has 2 heterocycles. The maximum atomic E-state index is 12.2. The van der Waals surface area contributed by atoms with Gasteiger partial charge in [0.2, 0.25) is 0 Å². The van der Waals surface area contributed by atoms with E-state index in [-0.39, 0.29) is 11.9 Å². The van der Waals surface area contributed by atoms with Crippen LogP contribution in [0.15, 0.2) is 47.1 Å². The van der Waals surface area contributed by atoms with Gasteiger partial charge in [0.05, 0.1) is 12.8 Å². The SMILES string of the molecule is C[C@@H]1CCN(C(=O)NCc2cccc(C(=O)NCc3ccco3)c2)C1. The summed E-state index contributed by atoms with van der Waals surface area (Å²) in [4.78, 5) is 26.2. The minimum absolute atomic E-state index is 0.0444. The first kappa shape index (κ1) is 17.1. The molecule has 0 saturated carbocycles. The third-order valence-corrected chi connectivity index (χ3v) is 4.35. The first-order valence-electron chi connectivity index (χ1n) is 8.54. The molecule has 0 bridgehead atoms. The Balaban J connectivity index is 1.52. The lowest BCUT2D eigenvalue weighted by molar-refractivity contribution is 0.0948. The second-order valence-corrected chi connectivity index (χ2v) is 6.46. The fraction of sp³-hybridized carbons (Fsp3) is 0.368. The van der Waals surface area contributed by atoms with Gasteiger partial charge < -0.3 is 20.0 Å². The number of furan rings is 1. The number of rotatable bonds is 5. The number of carbonyl (C=O) groups is 2. The van der Waals surface area contributed by atoms with E-state index in [0.717, 1.165) is 25.1 Å². The molecule has 25 heavy (non-hydrogen) atoms. The molecule has 3 amide bonds. The zero-order chi connectivity index (χ0) is 17.6. The molecule has 6 heteroatoms. The summed E-state index contributed by atoms with van der Waals surface area (Å²) in [6.45, 7) is 4.52. The van der Waals surface area contributed by atoms with Crippen molar-refractivity contribution in [2.75, 3.05) is 13.1 Å². The predicted molar refractivity (Wildman–Crippen MR) is 93.9 cm³/mol. The number of amides is 3. The number of hydrogen-bond acceptors (Lipinski definition) is 3. The average Bonchev–Trinajstić information content (AvgIpc) is 3.29. The van der Waals surface area contributed by atoms with Crippen molar-refractivity contribution in [3.8, 4) is 0 Å². The molecule has 132 valence electrons. The summed E-state index contributed by atoms with van der Waals surface area (Å²) in [6, 6.07) is 10.8. The molecule has 3 rings (SSSR count). The molecule has 1 fully saturated rings. The van der Waals surface area contributed by atoms with Crippen LogP contribution in [0.4, 0.5) is 4.79 Å². The molecule has 0 spiro atoms. The van der Waals surface area contributed by atoms with Crippen molar-refractivity contribution in [1.29, 1.82) is 0 Å². The monoisotopic (exact) mass is 341 g/mol. The number of urea groups is 1. The minimum Gasteiger partial charge on any atom is -0.467 e. The quantitative estimate of drug-likeness (QED) is 0.878. The number of nitrogens with one attached hydrogen (secondary N) is 2. The molecule has 0 radical (unpaired) electrons. The standard InChI is InChI=1S/C19H23N3O3/c1-14-7-8-22(13-14)19(24)21-11-15-4-2-5-16(10-15)18(23)20-12-17-6-3-9-25-17/h2-6,9-10,14H,7-8,11-13H2,1H3,(H,20,23)(H,21,24)/t14-/m1/s1. The van der Waals surface area contributed by atoms with E-state index in [0.29, 0.717) is 30.3 Å². The fourth-order valence-electron chi connectivity index (χ4n) is 2.91. The van der Waals surface area contributed by atoms with Crippen molar-refractivity contribution in [1.82, 2.24) is 15.5 Å². The molecular formula is C19H23N3O3. The third kappa shape index (κ3) is 4.62. The number of likely N-dealkylation sites (tertiary alicyclic amines) is 1. The van der Waals surface area contributed by atoms with Gasteiger partial charge in [0.1, 0.15) is 5.76 Å². The van der Waals surface area contributed by atoms with Crippen LogP contribution in [-0.2, 0) is 13.1 Å². The normalized spacial score (nSPS) is 16.7. The highest BCUT2D eigenvalue weighted by Gasteiger charge is 2.22. The van der Waals surface area contributed by atoms with Crippen molar-refractivity contribution in [2.45, 2.75) is 26.4 Å². The number of benzene rings is 1. The molecule has 0 unspecified atom stereocenters. The number of nitrogens with zero attached hydrogens (tertiary/aromatic N) is 1. The van der Waals surface area contributed by atoms with Crippen LogP contribution in [-0.4, -0.2) is 29.9 Å². The first-order valence-corrected chi connectivity index (χ1v) is 8.54. The van der Waals surface area contributed by atoms with E-state index >= 15 is 0 Å². The highest BCUT2D eigenvalue weighted by atomic mass is 16.3. The van der Waals surface area contributed by atoms with E-state index < -0.39 is 0 Å². The Bertz CT molecular complexity index is 727. The molecule has 1 aliphatic rings. The second kappa shape index (κ2) is 7.88. The molecule has 6 nitrogen and oxygen atoms in total. The Morgan fingerprint density at radius 2 is 2.08 bits per heavy atom. The van der Waals surface area contributed by atoms with Crippen molar-refractivity contribution in [3.05, 3.63) is 59.5 Å². The van der Waals surface area contributed by atoms with Crippen LogP contribution in [0, 0.1) is 5.92 Å². The summed E-state index contributed by atoms with van der Waals surface area (Å²) in [5, 5.41) is 5.74. The van der Waals surface area contributed by atoms with Crippen molar-refractivity contribution in [3.63, 3.8) is 0 Å². The highest BCUT2D eigenvalue weighted by molar-refractivity contribution is 5.94. The summed E-state index contributed by atoms with van der Waals surface area (Å²) in [7, 11) is 0. The number of carbonyl (C=O) groups excluding carboxylic acids is 2. The Morgan fingerprint density at radius 1 is 1.20 bits per heavy atom. The van der Waals surface area contributed by atoms with Crippen molar-refractivity contribution < 1.29 is 14.0 Å². The van der Waals surface area contributed by atoms with Gasteiger partial charge in [-0.25, -0.2) is 4.79 Å². The molecule has 0 aliphatic carbocycles. The van der Waals surface area contributed by atoms with Gasteiger partial charge in [-0.3, -0.25) is 4.79 Å². The average molecular weight is 341 g/mol. The van der Waals surface area contributed by atoms with E-state index in [1.54, 1.807) is 24.5 Å². The van der Waals surface area contributed by atoms with E-state index in [2.05, 4.69) is 17.6 Å². The minimum atomic E-state index is -0.169.